The fraction of sp³-hybridized carbons (Fsp3) is 0.812. The first-order valence-electron chi connectivity index (χ1n) is 8.19. The zero-order valence-electron chi connectivity index (χ0n) is 13.3. The van der Waals surface area contributed by atoms with Crippen molar-refractivity contribution in [3.63, 3.8) is 0 Å². The van der Waals surface area contributed by atoms with E-state index in [1.165, 1.54) is 50.9 Å². The first-order chi connectivity index (χ1) is 9.70. The van der Waals surface area contributed by atoms with Gasteiger partial charge in [-0.3, -0.25) is 9.58 Å². The molecule has 2 aliphatic rings. The van der Waals surface area contributed by atoms with Gasteiger partial charge in [0.05, 0.1) is 6.20 Å². The van der Waals surface area contributed by atoms with Crippen molar-refractivity contribution in [2.24, 2.45) is 5.92 Å². The van der Waals surface area contributed by atoms with Crippen LogP contribution in [0.15, 0.2) is 12.4 Å². The highest BCUT2D eigenvalue weighted by Crippen LogP contribution is 2.28. The number of piperidine rings is 1. The number of hydrogen-bond donors (Lipinski definition) is 1. The molecule has 1 aromatic heterocycles. The Labute approximate surface area is 134 Å². The normalized spacial score (nSPS) is 20.7. The van der Waals surface area contributed by atoms with Crippen molar-refractivity contribution in [2.75, 3.05) is 19.6 Å². The molecule has 0 spiro atoms. The van der Waals surface area contributed by atoms with Crippen molar-refractivity contribution in [1.82, 2.24) is 20.0 Å². The number of halogens is 1. The van der Waals surface area contributed by atoms with Gasteiger partial charge in [-0.05, 0) is 65.1 Å². The SMILES string of the molecule is CC(C)n1cc(CN2CCC(NCC3CC3)CC2)cn1.Cl. The predicted octanol–water partition coefficient (Wildman–Crippen LogP) is 2.85. The maximum Gasteiger partial charge on any atom is 0.0534 e. The van der Waals surface area contributed by atoms with Gasteiger partial charge in [-0.15, -0.1) is 12.4 Å². The number of rotatable bonds is 6. The molecule has 0 atom stereocenters. The highest BCUT2D eigenvalue weighted by atomic mass is 35.5. The molecule has 1 aliphatic heterocycles. The Morgan fingerprint density at radius 1 is 1.24 bits per heavy atom. The maximum atomic E-state index is 4.43. The molecule has 1 saturated carbocycles. The number of nitrogens with one attached hydrogen (secondary N) is 1. The molecule has 0 amide bonds. The molecule has 21 heavy (non-hydrogen) atoms. The summed E-state index contributed by atoms with van der Waals surface area (Å²) < 4.78 is 2.05. The number of hydrogen-bond acceptors (Lipinski definition) is 3. The van der Waals surface area contributed by atoms with Crippen molar-refractivity contribution >= 4 is 12.4 Å². The molecule has 2 heterocycles. The third kappa shape index (κ3) is 4.97. The van der Waals surface area contributed by atoms with Crippen molar-refractivity contribution in [1.29, 1.82) is 0 Å². The second-order valence-electron chi connectivity index (χ2n) is 6.82. The van der Waals surface area contributed by atoms with Crippen molar-refractivity contribution < 1.29 is 0 Å². The molecule has 0 radical (unpaired) electrons. The van der Waals surface area contributed by atoms with Gasteiger partial charge in [-0.2, -0.15) is 5.10 Å². The Bertz CT molecular complexity index is 420. The van der Waals surface area contributed by atoms with E-state index in [1.54, 1.807) is 0 Å². The van der Waals surface area contributed by atoms with E-state index in [0.29, 0.717) is 6.04 Å². The summed E-state index contributed by atoms with van der Waals surface area (Å²) in [6.07, 6.45) is 9.72. The quantitative estimate of drug-likeness (QED) is 0.877. The van der Waals surface area contributed by atoms with Crippen LogP contribution >= 0.6 is 12.4 Å². The van der Waals surface area contributed by atoms with Gasteiger partial charge in [-0.25, -0.2) is 0 Å². The molecule has 1 saturated heterocycles. The van der Waals surface area contributed by atoms with Crippen molar-refractivity contribution in [3.8, 4) is 0 Å². The summed E-state index contributed by atoms with van der Waals surface area (Å²) >= 11 is 0. The molecule has 1 N–H and O–H groups in total. The monoisotopic (exact) mass is 312 g/mol. The highest BCUT2D eigenvalue weighted by molar-refractivity contribution is 5.85. The number of nitrogens with zero attached hydrogens (tertiary/aromatic N) is 3. The standard InChI is InChI=1S/C16H28N4.ClH/c1-13(2)20-12-15(10-18-20)11-19-7-5-16(6-8-19)17-9-14-3-4-14;/h10,12-14,16-17H,3-9,11H2,1-2H3;1H. The minimum absolute atomic E-state index is 0. The molecule has 1 aromatic rings. The van der Waals surface area contributed by atoms with E-state index < -0.39 is 0 Å². The van der Waals surface area contributed by atoms with Crippen LogP contribution in [0.5, 0.6) is 0 Å². The summed E-state index contributed by atoms with van der Waals surface area (Å²) in [5, 5.41) is 8.17. The molecule has 3 rings (SSSR count). The van der Waals surface area contributed by atoms with E-state index >= 15 is 0 Å². The molecule has 4 nitrogen and oxygen atoms in total. The minimum Gasteiger partial charge on any atom is -0.314 e. The van der Waals surface area contributed by atoms with Gasteiger partial charge < -0.3 is 5.32 Å². The molecule has 0 unspecified atom stereocenters. The van der Waals surface area contributed by atoms with E-state index in [0.717, 1.165) is 18.5 Å². The van der Waals surface area contributed by atoms with E-state index in [1.807, 2.05) is 6.20 Å². The average Bonchev–Trinajstić information content (AvgIpc) is 3.15. The largest absolute Gasteiger partial charge is 0.314 e. The zero-order valence-corrected chi connectivity index (χ0v) is 14.1. The summed E-state index contributed by atoms with van der Waals surface area (Å²) in [4.78, 5) is 2.57. The lowest BCUT2D eigenvalue weighted by molar-refractivity contribution is 0.190. The summed E-state index contributed by atoms with van der Waals surface area (Å²) in [6, 6.07) is 1.21. The lowest BCUT2D eigenvalue weighted by Gasteiger charge is -2.32. The van der Waals surface area contributed by atoms with E-state index in [4.69, 9.17) is 0 Å². The van der Waals surface area contributed by atoms with Gasteiger partial charge in [0.15, 0.2) is 0 Å². The van der Waals surface area contributed by atoms with Gasteiger partial charge in [0.25, 0.3) is 0 Å². The van der Waals surface area contributed by atoms with E-state index in [-0.39, 0.29) is 12.4 Å². The fourth-order valence-corrected chi connectivity index (χ4v) is 2.95. The zero-order chi connectivity index (χ0) is 13.9. The smallest absolute Gasteiger partial charge is 0.0534 e. The summed E-state index contributed by atoms with van der Waals surface area (Å²) in [5.41, 5.74) is 1.35. The van der Waals surface area contributed by atoms with Crippen LogP contribution < -0.4 is 5.32 Å². The topological polar surface area (TPSA) is 33.1 Å². The van der Waals surface area contributed by atoms with Crippen LogP contribution in [0.3, 0.4) is 0 Å². The molecular formula is C16H29ClN4. The summed E-state index contributed by atoms with van der Waals surface area (Å²) in [7, 11) is 0. The van der Waals surface area contributed by atoms with Crippen LogP contribution in [-0.2, 0) is 6.54 Å². The molecule has 2 fully saturated rings. The lowest BCUT2D eigenvalue weighted by Crippen LogP contribution is -2.42. The van der Waals surface area contributed by atoms with Crippen molar-refractivity contribution in [3.05, 3.63) is 18.0 Å². The van der Waals surface area contributed by atoms with Gasteiger partial charge >= 0.3 is 0 Å². The van der Waals surface area contributed by atoms with Crippen LogP contribution in [0.4, 0.5) is 0 Å². The molecule has 5 heteroatoms. The highest BCUT2D eigenvalue weighted by Gasteiger charge is 2.24. The Hall–Kier alpha value is -0.580. The Kier molecular flexibility index (Phi) is 6.08. The number of likely N-dealkylation sites (tertiary alicyclic amines) is 1. The minimum atomic E-state index is 0. The first-order valence-corrected chi connectivity index (χ1v) is 8.19. The van der Waals surface area contributed by atoms with Crippen molar-refractivity contribution in [2.45, 2.75) is 58.2 Å². The van der Waals surface area contributed by atoms with E-state index in [9.17, 15) is 0 Å². The van der Waals surface area contributed by atoms with Crippen LogP contribution in [0, 0.1) is 5.92 Å². The molecular weight excluding hydrogens is 284 g/mol. The van der Waals surface area contributed by atoms with Crippen LogP contribution in [0.1, 0.15) is 51.1 Å². The van der Waals surface area contributed by atoms with Gasteiger partial charge in [0, 0.05) is 30.4 Å². The second kappa shape index (κ2) is 7.61. The summed E-state index contributed by atoms with van der Waals surface area (Å²) in [5.74, 6) is 0.995. The lowest BCUT2D eigenvalue weighted by atomic mass is 10.0. The van der Waals surface area contributed by atoms with Gasteiger partial charge in [-0.1, -0.05) is 0 Å². The predicted molar refractivity (Wildman–Crippen MR) is 88.9 cm³/mol. The van der Waals surface area contributed by atoms with E-state index in [2.05, 4.69) is 40.0 Å². The van der Waals surface area contributed by atoms with Crippen LogP contribution in [0.2, 0.25) is 0 Å². The summed E-state index contributed by atoms with van der Waals surface area (Å²) in [6.45, 7) is 9.10. The van der Waals surface area contributed by atoms with Crippen LogP contribution in [-0.4, -0.2) is 40.4 Å². The third-order valence-corrected chi connectivity index (χ3v) is 4.57. The molecule has 0 aromatic carbocycles. The van der Waals surface area contributed by atoms with Crippen LogP contribution in [0.25, 0.3) is 0 Å². The Morgan fingerprint density at radius 3 is 2.52 bits per heavy atom. The molecule has 0 bridgehead atoms. The number of aromatic nitrogens is 2. The first kappa shape index (κ1) is 16.8. The molecule has 120 valence electrons. The molecule has 1 aliphatic carbocycles. The Morgan fingerprint density at radius 2 is 1.95 bits per heavy atom. The second-order valence-corrected chi connectivity index (χ2v) is 6.82. The maximum absolute atomic E-state index is 4.43. The average molecular weight is 313 g/mol. The Balaban J connectivity index is 0.00000161. The fourth-order valence-electron chi connectivity index (χ4n) is 2.95. The third-order valence-electron chi connectivity index (χ3n) is 4.57. The van der Waals surface area contributed by atoms with Gasteiger partial charge in [0.1, 0.15) is 0 Å². The van der Waals surface area contributed by atoms with Gasteiger partial charge in [0.2, 0.25) is 0 Å².